The molecule has 0 saturated heterocycles. The second kappa shape index (κ2) is 5.48. The third-order valence-electron chi connectivity index (χ3n) is 2.53. The van der Waals surface area contributed by atoms with Gasteiger partial charge in [0.1, 0.15) is 6.04 Å². The average molecular weight is 235 g/mol. The molecule has 1 rings (SSSR count). The molecule has 1 aromatic carbocycles. The van der Waals surface area contributed by atoms with Crippen LogP contribution in [0.4, 0.5) is 0 Å². The van der Waals surface area contributed by atoms with E-state index in [9.17, 15) is 9.59 Å². The topological polar surface area (TPSA) is 55.4 Å². The maximum atomic E-state index is 11.9. The van der Waals surface area contributed by atoms with E-state index in [1.165, 1.54) is 7.11 Å². The van der Waals surface area contributed by atoms with Crippen molar-refractivity contribution in [3.8, 4) is 0 Å². The molecule has 0 saturated carbocycles. The van der Waals surface area contributed by atoms with Crippen LogP contribution in [0.2, 0.25) is 0 Å². The van der Waals surface area contributed by atoms with Crippen LogP contribution in [-0.4, -0.2) is 25.0 Å². The Morgan fingerprint density at radius 3 is 2.47 bits per heavy atom. The lowest BCUT2D eigenvalue weighted by molar-refractivity contribution is -0.142. The van der Waals surface area contributed by atoms with Gasteiger partial charge in [-0.05, 0) is 32.4 Å². The molecule has 4 heteroatoms. The van der Waals surface area contributed by atoms with E-state index < -0.39 is 12.0 Å². The van der Waals surface area contributed by atoms with Crippen LogP contribution in [0.15, 0.2) is 18.2 Å². The van der Waals surface area contributed by atoms with Crippen molar-refractivity contribution < 1.29 is 14.3 Å². The maximum Gasteiger partial charge on any atom is 0.328 e. The quantitative estimate of drug-likeness (QED) is 0.809. The zero-order valence-electron chi connectivity index (χ0n) is 10.5. The number of carbonyl (C=O) groups excluding carboxylic acids is 2. The minimum atomic E-state index is -0.645. The van der Waals surface area contributed by atoms with E-state index in [4.69, 9.17) is 0 Å². The van der Waals surface area contributed by atoms with Crippen molar-refractivity contribution in [1.29, 1.82) is 0 Å². The lowest BCUT2D eigenvalue weighted by Crippen LogP contribution is -2.39. The van der Waals surface area contributed by atoms with Gasteiger partial charge in [0.25, 0.3) is 5.91 Å². The summed E-state index contributed by atoms with van der Waals surface area (Å²) in [5.74, 6) is -0.719. The molecule has 1 aromatic rings. The summed E-state index contributed by atoms with van der Waals surface area (Å²) in [6.07, 6.45) is 0. The van der Waals surface area contributed by atoms with Crippen LogP contribution in [0.5, 0.6) is 0 Å². The Morgan fingerprint density at radius 2 is 1.94 bits per heavy atom. The van der Waals surface area contributed by atoms with Crippen LogP contribution < -0.4 is 5.32 Å². The minimum absolute atomic E-state index is 0.264. The molecule has 0 aliphatic rings. The van der Waals surface area contributed by atoms with E-state index in [0.717, 1.165) is 11.1 Å². The predicted octanol–water partition coefficient (Wildman–Crippen LogP) is 1.59. The summed E-state index contributed by atoms with van der Waals surface area (Å²) >= 11 is 0. The molecular formula is C13H17NO3. The first-order valence-electron chi connectivity index (χ1n) is 5.41. The zero-order chi connectivity index (χ0) is 13.0. The Hall–Kier alpha value is -1.84. The van der Waals surface area contributed by atoms with Crippen LogP contribution >= 0.6 is 0 Å². The van der Waals surface area contributed by atoms with E-state index in [-0.39, 0.29) is 5.91 Å². The second-order valence-corrected chi connectivity index (χ2v) is 4.04. The highest BCUT2D eigenvalue weighted by molar-refractivity contribution is 5.97. The van der Waals surface area contributed by atoms with Gasteiger partial charge in [-0.2, -0.15) is 0 Å². The number of nitrogens with one attached hydrogen (secondary N) is 1. The van der Waals surface area contributed by atoms with Gasteiger partial charge in [0.15, 0.2) is 0 Å². The standard InChI is InChI=1S/C13H17NO3/c1-8-5-6-11(9(2)7-8)12(15)14-10(3)13(16)17-4/h5-7,10H,1-4H3,(H,14,15). The first kappa shape index (κ1) is 13.2. The van der Waals surface area contributed by atoms with Crippen molar-refractivity contribution >= 4 is 11.9 Å². The van der Waals surface area contributed by atoms with E-state index >= 15 is 0 Å². The predicted molar refractivity (Wildman–Crippen MR) is 64.9 cm³/mol. The zero-order valence-corrected chi connectivity index (χ0v) is 10.5. The highest BCUT2D eigenvalue weighted by Gasteiger charge is 2.17. The molecule has 0 spiro atoms. The molecule has 0 bridgehead atoms. The minimum Gasteiger partial charge on any atom is -0.467 e. The number of esters is 1. The van der Waals surface area contributed by atoms with Crippen molar-refractivity contribution in [2.75, 3.05) is 7.11 Å². The van der Waals surface area contributed by atoms with Gasteiger partial charge in [-0.1, -0.05) is 17.7 Å². The fourth-order valence-electron chi connectivity index (χ4n) is 1.58. The number of aryl methyl sites for hydroxylation is 2. The Bertz CT molecular complexity index is 440. The van der Waals surface area contributed by atoms with Crippen LogP contribution in [0.25, 0.3) is 0 Å². The first-order valence-corrected chi connectivity index (χ1v) is 5.41. The summed E-state index contributed by atoms with van der Waals surface area (Å²) in [6.45, 7) is 5.42. The SMILES string of the molecule is COC(=O)C(C)NC(=O)c1ccc(C)cc1C. The number of hydrogen-bond donors (Lipinski definition) is 1. The van der Waals surface area contributed by atoms with Crippen molar-refractivity contribution in [3.63, 3.8) is 0 Å². The van der Waals surface area contributed by atoms with Gasteiger partial charge in [0, 0.05) is 5.56 Å². The van der Waals surface area contributed by atoms with E-state index in [1.807, 2.05) is 26.0 Å². The fourth-order valence-corrected chi connectivity index (χ4v) is 1.58. The Balaban J connectivity index is 2.80. The van der Waals surface area contributed by atoms with Crippen LogP contribution in [0.3, 0.4) is 0 Å². The molecular weight excluding hydrogens is 218 g/mol. The molecule has 1 N–H and O–H groups in total. The summed E-state index contributed by atoms with van der Waals surface area (Å²) in [5, 5.41) is 2.59. The summed E-state index contributed by atoms with van der Waals surface area (Å²) in [6, 6.07) is 4.90. The first-order chi connectivity index (χ1) is 7.95. The number of rotatable bonds is 3. The van der Waals surface area contributed by atoms with Gasteiger partial charge in [-0.25, -0.2) is 4.79 Å². The molecule has 4 nitrogen and oxygen atoms in total. The molecule has 0 aliphatic carbocycles. The normalized spacial score (nSPS) is 11.8. The molecule has 0 heterocycles. The van der Waals surface area contributed by atoms with Crippen LogP contribution in [0, 0.1) is 13.8 Å². The van der Waals surface area contributed by atoms with E-state index in [2.05, 4.69) is 10.1 Å². The second-order valence-electron chi connectivity index (χ2n) is 4.04. The fraction of sp³-hybridized carbons (Fsp3) is 0.385. The molecule has 1 atom stereocenters. The molecule has 17 heavy (non-hydrogen) atoms. The number of ether oxygens (including phenoxy) is 1. The van der Waals surface area contributed by atoms with Crippen molar-refractivity contribution in [3.05, 3.63) is 34.9 Å². The van der Waals surface area contributed by atoms with Gasteiger partial charge < -0.3 is 10.1 Å². The van der Waals surface area contributed by atoms with Crippen LogP contribution in [0.1, 0.15) is 28.4 Å². The largest absolute Gasteiger partial charge is 0.467 e. The molecule has 0 fully saturated rings. The third-order valence-corrected chi connectivity index (χ3v) is 2.53. The average Bonchev–Trinajstić information content (AvgIpc) is 2.27. The number of amides is 1. The molecule has 0 aromatic heterocycles. The van der Waals surface area contributed by atoms with E-state index in [0.29, 0.717) is 5.56 Å². The molecule has 1 amide bonds. The highest BCUT2D eigenvalue weighted by Crippen LogP contribution is 2.10. The maximum absolute atomic E-state index is 11.9. The van der Waals surface area contributed by atoms with Crippen molar-refractivity contribution in [1.82, 2.24) is 5.32 Å². The summed E-state index contributed by atoms with van der Waals surface area (Å²) in [4.78, 5) is 23.1. The summed E-state index contributed by atoms with van der Waals surface area (Å²) < 4.78 is 4.54. The lowest BCUT2D eigenvalue weighted by Gasteiger charge is -2.13. The van der Waals surface area contributed by atoms with Crippen molar-refractivity contribution in [2.45, 2.75) is 26.8 Å². The Morgan fingerprint density at radius 1 is 1.29 bits per heavy atom. The third kappa shape index (κ3) is 3.31. The van der Waals surface area contributed by atoms with Gasteiger partial charge in [0.2, 0.25) is 0 Å². The lowest BCUT2D eigenvalue weighted by atomic mass is 10.0. The molecule has 1 unspecified atom stereocenters. The summed E-state index contributed by atoms with van der Waals surface area (Å²) in [5.41, 5.74) is 2.56. The number of carbonyl (C=O) groups is 2. The van der Waals surface area contributed by atoms with Crippen molar-refractivity contribution in [2.24, 2.45) is 0 Å². The summed E-state index contributed by atoms with van der Waals surface area (Å²) in [7, 11) is 1.29. The van der Waals surface area contributed by atoms with Gasteiger partial charge in [0.05, 0.1) is 7.11 Å². The molecule has 0 aliphatic heterocycles. The number of methoxy groups -OCH3 is 1. The highest BCUT2D eigenvalue weighted by atomic mass is 16.5. The molecule has 0 radical (unpaired) electrons. The van der Waals surface area contributed by atoms with Crippen LogP contribution in [-0.2, 0) is 9.53 Å². The number of benzene rings is 1. The number of hydrogen-bond acceptors (Lipinski definition) is 3. The van der Waals surface area contributed by atoms with Gasteiger partial charge in [-0.3, -0.25) is 4.79 Å². The Labute approximate surface area is 101 Å². The van der Waals surface area contributed by atoms with Gasteiger partial charge in [-0.15, -0.1) is 0 Å². The van der Waals surface area contributed by atoms with E-state index in [1.54, 1.807) is 13.0 Å². The smallest absolute Gasteiger partial charge is 0.328 e. The monoisotopic (exact) mass is 235 g/mol. The molecule has 92 valence electrons. The Kier molecular flexibility index (Phi) is 4.26. The van der Waals surface area contributed by atoms with Gasteiger partial charge >= 0.3 is 5.97 Å².